The summed E-state index contributed by atoms with van der Waals surface area (Å²) >= 11 is 0. The van der Waals surface area contributed by atoms with Crippen LogP contribution in [0.25, 0.3) is 0 Å². The number of piperidine rings is 1. The van der Waals surface area contributed by atoms with Gasteiger partial charge in [-0.05, 0) is 26.8 Å². The Bertz CT molecular complexity index is 615. The molecule has 2 N–H and O–H groups in total. The lowest BCUT2D eigenvalue weighted by Gasteiger charge is -2.40. The van der Waals surface area contributed by atoms with E-state index in [1.54, 1.807) is 20.8 Å². The highest BCUT2D eigenvalue weighted by molar-refractivity contribution is 5.68. The van der Waals surface area contributed by atoms with E-state index in [2.05, 4.69) is 0 Å². The van der Waals surface area contributed by atoms with Crippen molar-refractivity contribution in [1.82, 2.24) is 4.90 Å². The summed E-state index contributed by atoms with van der Waals surface area (Å²) in [4.78, 5) is 13.4. The molecule has 2 atom stereocenters. The molecule has 1 saturated heterocycles. The number of carbonyl (C=O) groups is 1. The Balaban J connectivity index is 2.23. The first kappa shape index (κ1) is 18.3. The molecule has 1 fully saturated rings. The van der Waals surface area contributed by atoms with Gasteiger partial charge in [-0.25, -0.2) is 4.79 Å². The van der Waals surface area contributed by atoms with Gasteiger partial charge >= 0.3 is 6.09 Å². The van der Waals surface area contributed by atoms with E-state index >= 15 is 0 Å². The van der Waals surface area contributed by atoms with E-state index in [-0.39, 0.29) is 31.0 Å². The molecule has 2 rings (SSSR count). The second kappa shape index (κ2) is 6.45. The van der Waals surface area contributed by atoms with Gasteiger partial charge in [-0.3, -0.25) is 0 Å². The minimum Gasteiger partial charge on any atom is -0.618 e. The van der Waals surface area contributed by atoms with Crippen molar-refractivity contribution in [2.75, 3.05) is 20.2 Å². The van der Waals surface area contributed by atoms with Gasteiger partial charge < -0.3 is 29.8 Å². The number of amides is 1. The van der Waals surface area contributed by atoms with Gasteiger partial charge in [-0.15, -0.1) is 0 Å². The number of likely N-dealkylation sites (tertiary alicyclic amines) is 1. The molecule has 24 heavy (non-hydrogen) atoms. The minimum atomic E-state index is -1.81. The van der Waals surface area contributed by atoms with E-state index in [9.17, 15) is 20.2 Å². The van der Waals surface area contributed by atoms with Crippen molar-refractivity contribution in [3.8, 4) is 5.75 Å². The largest absolute Gasteiger partial charge is 0.618 e. The third-order valence-corrected chi connectivity index (χ3v) is 3.91. The Morgan fingerprint density at radius 1 is 1.50 bits per heavy atom. The first-order chi connectivity index (χ1) is 11.1. The number of ether oxygens (including phenoxy) is 2. The second-order valence-electron chi connectivity index (χ2n) is 6.87. The number of aliphatic hydroxyl groups is 2. The summed E-state index contributed by atoms with van der Waals surface area (Å²) in [6.45, 7) is 5.23. The van der Waals surface area contributed by atoms with Crippen molar-refractivity contribution in [3.05, 3.63) is 29.2 Å². The first-order valence-electron chi connectivity index (χ1n) is 7.73. The molecule has 1 aromatic heterocycles. The maximum absolute atomic E-state index is 12.1. The molecule has 0 saturated carbocycles. The average Bonchev–Trinajstić information content (AvgIpc) is 2.47. The summed E-state index contributed by atoms with van der Waals surface area (Å²) in [6.07, 6.45) is -0.715. The summed E-state index contributed by atoms with van der Waals surface area (Å²) in [5.74, 6) is 0.180. The van der Waals surface area contributed by atoms with E-state index in [1.165, 1.54) is 30.3 Å². The fraction of sp³-hybridized carbons (Fsp3) is 0.625. The number of hydrogen-bond donors (Lipinski definition) is 2. The molecular weight excluding hydrogens is 316 g/mol. The quantitative estimate of drug-likeness (QED) is 0.600. The lowest BCUT2D eigenvalue weighted by molar-refractivity contribution is -0.625. The molecule has 0 aromatic carbocycles. The Morgan fingerprint density at radius 3 is 2.71 bits per heavy atom. The second-order valence-corrected chi connectivity index (χ2v) is 6.87. The molecule has 134 valence electrons. The van der Waals surface area contributed by atoms with Crippen LogP contribution < -0.4 is 9.47 Å². The van der Waals surface area contributed by atoms with Gasteiger partial charge in [0.2, 0.25) is 0 Å². The average molecular weight is 340 g/mol. The smallest absolute Gasteiger partial charge is 0.410 e. The van der Waals surface area contributed by atoms with E-state index in [0.717, 1.165) is 0 Å². The lowest BCUT2D eigenvalue weighted by atomic mass is 9.84. The number of aliphatic hydroxyl groups excluding tert-OH is 1. The highest BCUT2D eigenvalue weighted by Crippen LogP contribution is 2.36. The minimum absolute atomic E-state index is 0.0178. The summed E-state index contributed by atoms with van der Waals surface area (Å²) in [5.41, 5.74) is -2.53. The zero-order valence-corrected chi connectivity index (χ0v) is 14.4. The molecule has 1 aromatic rings. The molecule has 0 bridgehead atoms. The van der Waals surface area contributed by atoms with Crippen LogP contribution in [0.4, 0.5) is 4.79 Å². The van der Waals surface area contributed by atoms with Crippen molar-refractivity contribution in [2.24, 2.45) is 0 Å². The molecule has 8 nitrogen and oxygen atoms in total. The molecule has 2 heterocycles. The topological polar surface area (TPSA) is 106 Å². The summed E-state index contributed by atoms with van der Waals surface area (Å²) in [7, 11) is 1.38. The highest BCUT2D eigenvalue weighted by Gasteiger charge is 2.50. The summed E-state index contributed by atoms with van der Waals surface area (Å²) in [6, 6.07) is 3.02. The van der Waals surface area contributed by atoms with Crippen LogP contribution in [0, 0.1) is 5.21 Å². The van der Waals surface area contributed by atoms with Crippen molar-refractivity contribution in [2.45, 2.75) is 44.5 Å². The van der Waals surface area contributed by atoms with Crippen molar-refractivity contribution >= 4 is 6.09 Å². The summed E-state index contributed by atoms with van der Waals surface area (Å²) in [5, 5.41) is 33.5. The molecular formula is C16H24N2O6. The number of methoxy groups -OCH3 is 1. The first-order valence-corrected chi connectivity index (χ1v) is 7.73. The number of hydrogen-bond acceptors (Lipinski definition) is 6. The Morgan fingerprint density at radius 2 is 2.17 bits per heavy atom. The van der Waals surface area contributed by atoms with Crippen LogP contribution in [-0.2, 0) is 10.3 Å². The normalized spacial score (nSPS) is 24.6. The summed E-state index contributed by atoms with van der Waals surface area (Å²) < 4.78 is 10.9. The van der Waals surface area contributed by atoms with Gasteiger partial charge in [0.15, 0.2) is 17.5 Å². The van der Waals surface area contributed by atoms with Gasteiger partial charge in [0.1, 0.15) is 11.7 Å². The molecule has 0 spiro atoms. The van der Waals surface area contributed by atoms with Crippen LogP contribution in [0.3, 0.4) is 0 Å². The Kier molecular flexibility index (Phi) is 4.91. The van der Waals surface area contributed by atoms with Gasteiger partial charge in [-0.1, -0.05) is 0 Å². The van der Waals surface area contributed by atoms with E-state index in [1.807, 2.05) is 0 Å². The fourth-order valence-corrected chi connectivity index (χ4v) is 2.73. The van der Waals surface area contributed by atoms with E-state index < -0.39 is 23.4 Å². The standard InChI is InChI=1S/C16H24N2O6/c1-15(2,3)24-14(20)17-9-7-16(21,12(19)10-17)13-11(23-4)6-5-8-18(13)22/h5-6,8,12,19,21H,7,9-10H2,1-4H3/t12-,16+/m1/s1. The van der Waals surface area contributed by atoms with E-state index in [0.29, 0.717) is 4.73 Å². The van der Waals surface area contributed by atoms with Crippen LogP contribution in [0.1, 0.15) is 32.9 Å². The van der Waals surface area contributed by atoms with Crippen LogP contribution in [-0.4, -0.2) is 53.1 Å². The molecule has 0 radical (unpaired) electrons. The van der Waals surface area contributed by atoms with Crippen molar-refractivity contribution in [3.63, 3.8) is 0 Å². The van der Waals surface area contributed by atoms with Gasteiger partial charge in [0.25, 0.3) is 5.69 Å². The molecule has 0 unspecified atom stereocenters. The predicted octanol–water partition coefficient (Wildman–Crippen LogP) is 0.518. The number of nitrogens with zero attached hydrogens (tertiary/aromatic N) is 2. The van der Waals surface area contributed by atoms with Gasteiger partial charge in [0.05, 0.1) is 13.7 Å². The highest BCUT2D eigenvalue weighted by atomic mass is 16.6. The van der Waals surface area contributed by atoms with Gasteiger partial charge in [0, 0.05) is 19.0 Å². The molecule has 1 amide bonds. The zero-order valence-electron chi connectivity index (χ0n) is 14.4. The Labute approximate surface area is 140 Å². The molecule has 8 heteroatoms. The monoisotopic (exact) mass is 340 g/mol. The van der Waals surface area contributed by atoms with Gasteiger partial charge in [-0.2, -0.15) is 4.73 Å². The SMILES string of the molecule is COc1ccc[n+]([O-])c1[C@]1(O)CCN(C(=O)OC(C)(C)C)C[C@H]1O. The maximum Gasteiger partial charge on any atom is 0.410 e. The molecule has 1 aliphatic rings. The number of pyridine rings is 1. The fourth-order valence-electron chi connectivity index (χ4n) is 2.73. The molecule has 1 aliphatic heterocycles. The lowest BCUT2D eigenvalue weighted by Crippen LogP contribution is -2.59. The van der Waals surface area contributed by atoms with Crippen LogP contribution in [0.5, 0.6) is 5.75 Å². The zero-order chi connectivity index (χ0) is 18.1. The third-order valence-electron chi connectivity index (χ3n) is 3.91. The maximum atomic E-state index is 12.1. The van der Waals surface area contributed by atoms with Crippen LogP contribution in [0.15, 0.2) is 18.3 Å². The number of β-amino-alcohol motifs (C(OH)–C–C–N with tert-alkyl or cyclic N) is 1. The third kappa shape index (κ3) is 3.54. The van der Waals surface area contributed by atoms with Crippen molar-refractivity contribution in [1.29, 1.82) is 0 Å². The van der Waals surface area contributed by atoms with Crippen LogP contribution >= 0.6 is 0 Å². The number of aromatic nitrogens is 1. The number of rotatable bonds is 2. The molecule has 0 aliphatic carbocycles. The Hall–Kier alpha value is -2.06. The van der Waals surface area contributed by atoms with Crippen molar-refractivity contribution < 1.29 is 29.2 Å². The number of carbonyl (C=O) groups excluding carboxylic acids is 1. The van der Waals surface area contributed by atoms with Crippen LogP contribution in [0.2, 0.25) is 0 Å². The predicted molar refractivity (Wildman–Crippen MR) is 84.3 cm³/mol. The van der Waals surface area contributed by atoms with E-state index in [4.69, 9.17) is 9.47 Å².